The lowest BCUT2D eigenvalue weighted by atomic mass is 9.94. The van der Waals surface area contributed by atoms with Crippen molar-refractivity contribution in [1.29, 1.82) is 5.26 Å². The lowest BCUT2D eigenvalue weighted by Gasteiger charge is -2.14. The van der Waals surface area contributed by atoms with Crippen molar-refractivity contribution < 1.29 is 9.26 Å². The highest BCUT2D eigenvalue weighted by molar-refractivity contribution is 5.49. The Bertz CT molecular complexity index is 666. The smallest absolute Gasteiger partial charge is 0.138 e. The van der Waals surface area contributed by atoms with Gasteiger partial charge in [-0.1, -0.05) is 11.2 Å². The minimum absolute atomic E-state index is 0.196. The summed E-state index contributed by atoms with van der Waals surface area (Å²) in [6.07, 6.45) is 1.53. The zero-order valence-electron chi connectivity index (χ0n) is 14.2. The van der Waals surface area contributed by atoms with Gasteiger partial charge in [-0.25, -0.2) is 0 Å². The zero-order chi connectivity index (χ0) is 16.8. The Labute approximate surface area is 137 Å². The number of aryl methyl sites for hydroxylation is 2. The lowest BCUT2D eigenvalue weighted by molar-refractivity contribution is 0.304. The maximum absolute atomic E-state index is 9.39. The van der Waals surface area contributed by atoms with Gasteiger partial charge in [0.15, 0.2) is 0 Å². The molecule has 122 valence electrons. The highest BCUT2D eigenvalue weighted by Gasteiger charge is 2.19. The van der Waals surface area contributed by atoms with E-state index in [9.17, 15) is 5.26 Å². The molecule has 0 aliphatic heterocycles. The number of benzene rings is 1. The van der Waals surface area contributed by atoms with Gasteiger partial charge in [0.25, 0.3) is 0 Å². The molecule has 5 nitrogen and oxygen atoms in total. The predicted molar refractivity (Wildman–Crippen MR) is 89.8 cm³/mol. The normalized spacial score (nSPS) is 11.8. The summed E-state index contributed by atoms with van der Waals surface area (Å²) < 4.78 is 10.9. The number of anilines is 1. The van der Waals surface area contributed by atoms with Gasteiger partial charge in [0, 0.05) is 31.4 Å². The molecule has 1 atom stereocenters. The molecular weight excluding hydrogens is 290 g/mol. The van der Waals surface area contributed by atoms with Crippen molar-refractivity contribution in [3.63, 3.8) is 0 Å². The van der Waals surface area contributed by atoms with Crippen LogP contribution in [0.25, 0.3) is 0 Å². The van der Waals surface area contributed by atoms with Crippen molar-refractivity contribution in [3.8, 4) is 11.8 Å². The molecule has 1 aromatic carbocycles. The molecule has 0 aliphatic rings. The largest absolute Gasteiger partial charge is 0.494 e. The first-order chi connectivity index (χ1) is 11.0. The van der Waals surface area contributed by atoms with E-state index in [1.54, 1.807) is 0 Å². The van der Waals surface area contributed by atoms with Crippen LogP contribution >= 0.6 is 0 Å². The monoisotopic (exact) mass is 313 g/mol. The molecule has 0 bridgehead atoms. The third kappa shape index (κ3) is 4.26. The van der Waals surface area contributed by atoms with Crippen LogP contribution in [0.4, 0.5) is 5.69 Å². The maximum atomic E-state index is 9.39. The molecule has 2 rings (SSSR count). The zero-order valence-corrected chi connectivity index (χ0v) is 14.2. The summed E-state index contributed by atoms with van der Waals surface area (Å²) in [4.78, 5) is 2.04. The van der Waals surface area contributed by atoms with Gasteiger partial charge in [0.1, 0.15) is 11.5 Å². The molecule has 0 saturated carbocycles. The summed E-state index contributed by atoms with van der Waals surface area (Å²) in [6.45, 7) is 4.31. The molecule has 2 aromatic rings. The Balaban J connectivity index is 1.87. The van der Waals surface area contributed by atoms with E-state index < -0.39 is 0 Å². The van der Waals surface area contributed by atoms with E-state index in [0.29, 0.717) is 6.61 Å². The fourth-order valence-corrected chi connectivity index (χ4v) is 2.59. The average molecular weight is 313 g/mol. The third-order valence-electron chi connectivity index (χ3n) is 3.83. The van der Waals surface area contributed by atoms with E-state index in [1.807, 2.05) is 57.1 Å². The van der Waals surface area contributed by atoms with E-state index in [-0.39, 0.29) is 5.92 Å². The van der Waals surface area contributed by atoms with Crippen LogP contribution in [0.15, 0.2) is 28.8 Å². The number of hydrogen-bond acceptors (Lipinski definition) is 5. The second kappa shape index (κ2) is 7.68. The molecule has 0 radical (unpaired) electrons. The van der Waals surface area contributed by atoms with E-state index in [1.165, 1.54) is 0 Å². The molecular formula is C18H23N3O2. The molecule has 0 aliphatic carbocycles. The topological polar surface area (TPSA) is 62.3 Å². The Kier molecular flexibility index (Phi) is 5.64. The molecule has 0 N–H and O–H groups in total. The predicted octanol–water partition coefficient (Wildman–Crippen LogP) is 3.82. The highest BCUT2D eigenvalue weighted by Crippen LogP contribution is 2.27. The van der Waals surface area contributed by atoms with Crippen molar-refractivity contribution >= 4 is 5.69 Å². The van der Waals surface area contributed by atoms with Gasteiger partial charge in [-0.15, -0.1) is 0 Å². The first-order valence-electron chi connectivity index (χ1n) is 7.75. The van der Waals surface area contributed by atoms with Crippen LogP contribution in [0, 0.1) is 25.2 Å². The van der Waals surface area contributed by atoms with Crippen molar-refractivity contribution in [2.75, 3.05) is 25.6 Å². The Morgan fingerprint density at radius 1 is 1.35 bits per heavy atom. The number of nitrogens with zero attached hydrogens (tertiary/aromatic N) is 3. The Morgan fingerprint density at radius 2 is 2.13 bits per heavy atom. The van der Waals surface area contributed by atoms with E-state index >= 15 is 0 Å². The van der Waals surface area contributed by atoms with Crippen LogP contribution in [0.2, 0.25) is 0 Å². The molecule has 0 saturated heterocycles. The summed E-state index contributed by atoms with van der Waals surface area (Å²) >= 11 is 0. The number of ether oxygens (including phenoxy) is 1. The van der Waals surface area contributed by atoms with Gasteiger partial charge < -0.3 is 14.2 Å². The van der Waals surface area contributed by atoms with Crippen molar-refractivity contribution in [3.05, 3.63) is 41.3 Å². The molecule has 1 aromatic heterocycles. The lowest BCUT2D eigenvalue weighted by Crippen LogP contribution is -2.08. The van der Waals surface area contributed by atoms with E-state index in [0.717, 1.165) is 41.3 Å². The van der Waals surface area contributed by atoms with Gasteiger partial charge in [-0.05, 0) is 38.8 Å². The number of aromatic nitrogens is 1. The number of nitriles is 1. The van der Waals surface area contributed by atoms with Crippen molar-refractivity contribution in [2.45, 2.75) is 32.6 Å². The van der Waals surface area contributed by atoms with Gasteiger partial charge in [0.2, 0.25) is 0 Å². The highest BCUT2D eigenvalue weighted by atomic mass is 16.5. The molecule has 0 amide bonds. The first kappa shape index (κ1) is 16.9. The third-order valence-corrected chi connectivity index (χ3v) is 3.83. The Morgan fingerprint density at radius 3 is 2.74 bits per heavy atom. The standard InChI is InChI=1S/C18H23N3O2/c1-13-18(14(2)23-20-13)15(12-19)7-6-10-22-17-9-5-8-16(11-17)21(3)4/h5,8-9,11,15H,6-7,10H2,1-4H3. The summed E-state index contributed by atoms with van der Waals surface area (Å²) in [5.41, 5.74) is 2.82. The average Bonchev–Trinajstić information content (AvgIpc) is 2.87. The van der Waals surface area contributed by atoms with Crippen LogP contribution in [0.1, 0.15) is 35.8 Å². The Hall–Kier alpha value is -2.48. The van der Waals surface area contributed by atoms with Gasteiger partial charge in [-0.2, -0.15) is 5.26 Å². The molecule has 0 spiro atoms. The SMILES string of the molecule is Cc1noc(C)c1C(C#N)CCCOc1cccc(N(C)C)c1. The van der Waals surface area contributed by atoms with Crippen LogP contribution < -0.4 is 9.64 Å². The summed E-state index contributed by atoms with van der Waals surface area (Å²) in [7, 11) is 4.00. The summed E-state index contributed by atoms with van der Waals surface area (Å²) in [5.74, 6) is 1.38. The fourth-order valence-electron chi connectivity index (χ4n) is 2.59. The van der Waals surface area contributed by atoms with Gasteiger partial charge >= 0.3 is 0 Å². The van der Waals surface area contributed by atoms with Crippen molar-refractivity contribution in [2.24, 2.45) is 0 Å². The van der Waals surface area contributed by atoms with Crippen LogP contribution in [0.3, 0.4) is 0 Å². The van der Waals surface area contributed by atoms with Crippen molar-refractivity contribution in [1.82, 2.24) is 5.16 Å². The van der Waals surface area contributed by atoms with Crippen LogP contribution in [-0.2, 0) is 0 Å². The second-order valence-corrected chi connectivity index (χ2v) is 5.80. The molecule has 5 heteroatoms. The fraction of sp³-hybridized carbons (Fsp3) is 0.444. The van der Waals surface area contributed by atoms with Crippen LogP contribution in [-0.4, -0.2) is 25.9 Å². The number of rotatable bonds is 7. The molecule has 0 fully saturated rings. The maximum Gasteiger partial charge on any atom is 0.138 e. The van der Waals surface area contributed by atoms with E-state index in [2.05, 4.69) is 11.2 Å². The van der Waals surface area contributed by atoms with Gasteiger partial charge in [-0.3, -0.25) is 0 Å². The van der Waals surface area contributed by atoms with E-state index in [4.69, 9.17) is 9.26 Å². The summed E-state index contributed by atoms with van der Waals surface area (Å²) in [5, 5.41) is 13.3. The second-order valence-electron chi connectivity index (χ2n) is 5.80. The molecule has 1 unspecified atom stereocenters. The van der Waals surface area contributed by atoms with Gasteiger partial charge in [0.05, 0.1) is 24.3 Å². The van der Waals surface area contributed by atoms with Crippen LogP contribution in [0.5, 0.6) is 5.75 Å². The number of hydrogen-bond donors (Lipinski definition) is 0. The minimum Gasteiger partial charge on any atom is -0.494 e. The summed E-state index contributed by atoms with van der Waals surface area (Å²) in [6, 6.07) is 10.3. The minimum atomic E-state index is -0.196. The quantitative estimate of drug-likeness (QED) is 0.727. The first-order valence-corrected chi connectivity index (χ1v) is 7.75. The molecule has 1 heterocycles. The molecule has 23 heavy (non-hydrogen) atoms.